The highest BCUT2D eigenvalue weighted by atomic mass is 35.5. The fraction of sp³-hybridized carbons (Fsp3) is 0.333. The van der Waals surface area contributed by atoms with Crippen LogP contribution in [0.15, 0.2) is 41.0 Å². The number of benzene rings is 1. The molecule has 0 saturated carbocycles. The molecule has 0 unspecified atom stereocenters. The monoisotopic (exact) mass is 514 g/mol. The Morgan fingerprint density at radius 1 is 1.06 bits per heavy atom. The van der Waals surface area contributed by atoms with Crippen LogP contribution in [0.1, 0.15) is 40.5 Å². The minimum Gasteiger partial charge on any atom is -0.339 e. The number of rotatable bonds is 5. The molecular formula is C24H23ClN4O5S. The summed E-state index contributed by atoms with van der Waals surface area (Å²) < 4.78 is 0. The van der Waals surface area contributed by atoms with Crippen LogP contribution in [0, 0.1) is 0 Å². The average molecular weight is 515 g/mol. The molecule has 2 heterocycles. The SMILES string of the molecule is CC(=O)N1CCN(C(=O)CCN2C(=O)c3cccc(NC(=O)C4=CC(Cl)=CCC4=S)c3C2=O)CC1. The van der Waals surface area contributed by atoms with Gasteiger partial charge in [0, 0.05) is 62.4 Å². The number of hydrogen-bond donors (Lipinski definition) is 1. The van der Waals surface area contributed by atoms with Gasteiger partial charge in [-0.2, -0.15) is 0 Å². The minimum atomic E-state index is -0.576. The molecule has 1 aromatic rings. The van der Waals surface area contributed by atoms with Crippen LogP contribution in [0.4, 0.5) is 5.69 Å². The lowest BCUT2D eigenvalue weighted by Gasteiger charge is -2.34. The van der Waals surface area contributed by atoms with Gasteiger partial charge >= 0.3 is 0 Å². The number of fused-ring (bicyclic) bond motifs is 1. The molecule has 0 spiro atoms. The van der Waals surface area contributed by atoms with Gasteiger partial charge in [0.05, 0.1) is 22.4 Å². The van der Waals surface area contributed by atoms with E-state index in [1.54, 1.807) is 21.9 Å². The predicted molar refractivity (Wildman–Crippen MR) is 133 cm³/mol. The highest BCUT2D eigenvalue weighted by molar-refractivity contribution is 7.81. The Kier molecular flexibility index (Phi) is 7.13. The van der Waals surface area contributed by atoms with E-state index >= 15 is 0 Å². The molecule has 1 aliphatic carbocycles. The molecule has 11 heteroatoms. The van der Waals surface area contributed by atoms with Crippen molar-refractivity contribution in [1.82, 2.24) is 14.7 Å². The molecule has 5 amide bonds. The fourth-order valence-corrected chi connectivity index (χ4v) is 4.66. The number of halogens is 1. The first-order valence-electron chi connectivity index (χ1n) is 11.1. The standard InChI is InChI=1S/C24H23ClN4O5S/c1-14(30)27-9-11-28(12-10-27)20(31)7-8-29-23(33)16-3-2-4-18(21(16)24(29)34)26-22(32)17-13-15(25)5-6-19(17)35/h2-5,13H,6-12H2,1H3,(H,26,32). The second kappa shape index (κ2) is 10.1. The Morgan fingerprint density at radius 2 is 1.74 bits per heavy atom. The summed E-state index contributed by atoms with van der Waals surface area (Å²) in [6, 6.07) is 4.62. The predicted octanol–water partition coefficient (Wildman–Crippen LogP) is 2.12. The number of nitrogens with one attached hydrogen (secondary N) is 1. The maximum atomic E-state index is 13.1. The Labute approximate surface area is 212 Å². The first-order valence-corrected chi connectivity index (χ1v) is 11.9. The maximum absolute atomic E-state index is 13.1. The molecule has 1 saturated heterocycles. The van der Waals surface area contributed by atoms with Gasteiger partial charge in [0.25, 0.3) is 17.7 Å². The Bertz CT molecular complexity index is 1220. The largest absolute Gasteiger partial charge is 0.339 e. The summed E-state index contributed by atoms with van der Waals surface area (Å²) in [6.45, 7) is 3.14. The molecule has 4 rings (SSSR count). The molecule has 182 valence electrons. The van der Waals surface area contributed by atoms with Crippen molar-refractivity contribution in [2.24, 2.45) is 0 Å². The summed E-state index contributed by atoms with van der Waals surface area (Å²) in [6.07, 6.45) is 3.50. The van der Waals surface area contributed by atoms with Crippen LogP contribution in [-0.2, 0) is 14.4 Å². The van der Waals surface area contributed by atoms with Gasteiger partial charge in [0.2, 0.25) is 11.8 Å². The van der Waals surface area contributed by atoms with E-state index in [4.69, 9.17) is 23.8 Å². The molecule has 35 heavy (non-hydrogen) atoms. The topological polar surface area (TPSA) is 107 Å². The Balaban J connectivity index is 1.43. The van der Waals surface area contributed by atoms with E-state index in [1.807, 2.05) is 0 Å². The number of allylic oxidation sites excluding steroid dienone is 3. The highest BCUT2D eigenvalue weighted by Crippen LogP contribution is 2.30. The summed E-state index contributed by atoms with van der Waals surface area (Å²) in [7, 11) is 0. The molecule has 0 atom stereocenters. The highest BCUT2D eigenvalue weighted by Gasteiger charge is 2.38. The molecule has 0 bridgehead atoms. The molecule has 2 aliphatic heterocycles. The van der Waals surface area contributed by atoms with E-state index in [1.165, 1.54) is 25.1 Å². The van der Waals surface area contributed by atoms with Gasteiger partial charge in [0.15, 0.2) is 0 Å². The van der Waals surface area contributed by atoms with Gasteiger partial charge in [-0.25, -0.2) is 0 Å². The Hall–Kier alpha value is -3.37. The fourth-order valence-electron chi connectivity index (χ4n) is 4.24. The van der Waals surface area contributed by atoms with E-state index in [0.717, 1.165) is 4.90 Å². The van der Waals surface area contributed by atoms with Gasteiger partial charge in [-0.05, 0) is 18.2 Å². The van der Waals surface area contributed by atoms with Crippen LogP contribution in [0.25, 0.3) is 0 Å². The molecule has 0 aromatic heterocycles. The summed E-state index contributed by atoms with van der Waals surface area (Å²) in [5.41, 5.74) is 0.661. The zero-order valence-corrected chi connectivity index (χ0v) is 20.6. The van der Waals surface area contributed by atoms with Crippen molar-refractivity contribution < 1.29 is 24.0 Å². The van der Waals surface area contributed by atoms with Gasteiger partial charge in [-0.3, -0.25) is 28.9 Å². The molecule has 1 fully saturated rings. The number of nitrogens with zero attached hydrogens (tertiary/aromatic N) is 3. The first kappa shape index (κ1) is 24.7. The third-order valence-corrected chi connectivity index (χ3v) is 6.83. The number of hydrogen-bond acceptors (Lipinski definition) is 6. The smallest absolute Gasteiger partial charge is 0.263 e. The van der Waals surface area contributed by atoms with Crippen molar-refractivity contribution in [3.05, 3.63) is 52.1 Å². The van der Waals surface area contributed by atoms with Crippen LogP contribution < -0.4 is 5.32 Å². The lowest BCUT2D eigenvalue weighted by atomic mass is 10.0. The lowest BCUT2D eigenvalue weighted by molar-refractivity contribution is -0.138. The van der Waals surface area contributed by atoms with E-state index in [9.17, 15) is 24.0 Å². The lowest BCUT2D eigenvalue weighted by Crippen LogP contribution is -2.50. The van der Waals surface area contributed by atoms with Crippen LogP contribution >= 0.6 is 23.8 Å². The summed E-state index contributed by atoms with van der Waals surface area (Å²) in [5, 5.41) is 3.07. The van der Waals surface area contributed by atoms with Gasteiger partial charge in [0.1, 0.15) is 0 Å². The van der Waals surface area contributed by atoms with Gasteiger partial charge < -0.3 is 15.1 Å². The summed E-state index contributed by atoms with van der Waals surface area (Å²) >= 11 is 11.3. The van der Waals surface area contributed by atoms with Crippen molar-refractivity contribution in [1.29, 1.82) is 0 Å². The number of anilines is 1. The number of carbonyl (C=O) groups excluding carboxylic acids is 5. The maximum Gasteiger partial charge on any atom is 0.263 e. The number of imide groups is 1. The number of piperazine rings is 1. The van der Waals surface area contributed by atoms with Crippen molar-refractivity contribution in [2.45, 2.75) is 19.8 Å². The average Bonchev–Trinajstić information content (AvgIpc) is 3.09. The zero-order valence-electron chi connectivity index (χ0n) is 19.0. The molecule has 1 aromatic carbocycles. The first-order chi connectivity index (χ1) is 16.7. The summed E-state index contributed by atoms with van der Waals surface area (Å²) in [4.78, 5) is 67.7. The number of carbonyl (C=O) groups is 5. The molecule has 9 nitrogen and oxygen atoms in total. The second-order valence-electron chi connectivity index (χ2n) is 8.36. The normalized spacial score (nSPS) is 17.8. The van der Waals surface area contributed by atoms with E-state index in [0.29, 0.717) is 42.5 Å². The minimum absolute atomic E-state index is 0.0285. The van der Waals surface area contributed by atoms with Crippen LogP contribution in [0.2, 0.25) is 0 Å². The van der Waals surface area contributed by atoms with Crippen molar-refractivity contribution in [2.75, 3.05) is 38.0 Å². The van der Waals surface area contributed by atoms with Gasteiger partial charge in [-0.1, -0.05) is 36.0 Å². The molecule has 1 N–H and O–H groups in total. The van der Waals surface area contributed by atoms with Gasteiger partial charge in [-0.15, -0.1) is 0 Å². The zero-order chi connectivity index (χ0) is 25.3. The van der Waals surface area contributed by atoms with Crippen LogP contribution in [0.5, 0.6) is 0 Å². The molecule has 3 aliphatic rings. The second-order valence-corrected chi connectivity index (χ2v) is 9.28. The van der Waals surface area contributed by atoms with Crippen LogP contribution in [0.3, 0.4) is 0 Å². The van der Waals surface area contributed by atoms with Crippen molar-refractivity contribution in [3.63, 3.8) is 0 Å². The van der Waals surface area contributed by atoms with E-state index in [2.05, 4.69) is 5.32 Å². The third-order valence-electron chi connectivity index (χ3n) is 6.18. The van der Waals surface area contributed by atoms with Crippen molar-refractivity contribution >= 4 is 63.9 Å². The summed E-state index contributed by atoms with van der Waals surface area (Å²) in [5.74, 6) is -1.84. The van der Waals surface area contributed by atoms with Crippen LogP contribution in [-0.4, -0.2) is 81.8 Å². The number of thiocarbonyl (C=S) groups is 1. The molecule has 0 radical (unpaired) electrons. The van der Waals surface area contributed by atoms with Crippen molar-refractivity contribution in [3.8, 4) is 0 Å². The quantitative estimate of drug-likeness (QED) is 0.476. The molecular weight excluding hydrogens is 492 g/mol. The van der Waals surface area contributed by atoms with E-state index in [-0.39, 0.29) is 47.2 Å². The third kappa shape index (κ3) is 5.03. The van der Waals surface area contributed by atoms with E-state index < -0.39 is 17.7 Å². The Morgan fingerprint density at radius 3 is 2.43 bits per heavy atom. The number of amides is 5.